The van der Waals surface area contributed by atoms with Crippen molar-refractivity contribution in [2.75, 3.05) is 0 Å². The normalized spacial score (nSPS) is 34.4. The van der Waals surface area contributed by atoms with Crippen LogP contribution in [0.1, 0.15) is 50.6 Å². The molecule has 1 fully saturated rings. The van der Waals surface area contributed by atoms with Gasteiger partial charge in [-0.25, -0.2) is 4.39 Å². The molecule has 3 atom stereocenters. The van der Waals surface area contributed by atoms with Crippen LogP contribution in [0.5, 0.6) is 5.75 Å². The second-order valence-electron chi connectivity index (χ2n) is 5.79. The monoisotopic (exact) mass is 249 g/mol. The summed E-state index contributed by atoms with van der Waals surface area (Å²) in [4.78, 5) is 0. The molecule has 1 aliphatic heterocycles. The first-order valence-corrected chi connectivity index (χ1v) is 6.86. The van der Waals surface area contributed by atoms with Gasteiger partial charge in [-0.2, -0.15) is 0 Å². The third-order valence-corrected chi connectivity index (χ3v) is 4.54. The minimum Gasteiger partial charge on any atom is -0.487 e. The molecular weight excluding hydrogens is 229 g/mol. The second-order valence-corrected chi connectivity index (χ2v) is 5.79. The molecule has 2 nitrogen and oxygen atoms in total. The van der Waals surface area contributed by atoms with Crippen LogP contribution < -0.4 is 10.5 Å². The number of benzene rings is 1. The average molecular weight is 249 g/mol. The SMILES string of the molecule is CCC1CCC2(C1)C[C@H](N)c1cc(F)ccc1O2. The Morgan fingerprint density at radius 3 is 3.00 bits per heavy atom. The highest BCUT2D eigenvalue weighted by molar-refractivity contribution is 5.39. The topological polar surface area (TPSA) is 35.2 Å². The zero-order chi connectivity index (χ0) is 12.8. The van der Waals surface area contributed by atoms with Crippen molar-refractivity contribution in [3.8, 4) is 5.75 Å². The van der Waals surface area contributed by atoms with Crippen LogP contribution in [0.25, 0.3) is 0 Å². The Kier molecular flexibility index (Phi) is 2.81. The third kappa shape index (κ3) is 1.91. The summed E-state index contributed by atoms with van der Waals surface area (Å²) in [6.45, 7) is 2.23. The number of nitrogens with two attached hydrogens (primary N) is 1. The Labute approximate surface area is 107 Å². The molecule has 3 rings (SSSR count). The van der Waals surface area contributed by atoms with Crippen molar-refractivity contribution in [3.05, 3.63) is 29.6 Å². The van der Waals surface area contributed by atoms with E-state index in [2.05, 4.69) is 6.92 Å². The summed E-state index contributed by atoms with van der Waals surface area (Å²) in [7, 11) is 0. The average Bonchev–Trinajstić information content (AvgIpc) is 2.73. The number of hydrogen-bond acceptors (Lipinski definition) is 2. The standard InChI is InChI=1S/C15H20FNO/c1-2-10-5-6-15(8-10)9-13(17)12-7-11(16)3-4-14(12)18-15/h3-4,7,10,13H,2,5-6,8-9,17H2,1H3/t10?,13-,15?/m0/s1. The molecule has 1 aliphatic carbocycles. The molecule has 1 saturated carbocycles. The van der Waals surface area contributed by atoms with Crippen LogP contribution in [0.15, 0.2) is 18.2 Å². The Hall–Kier alpha value is -1.09. The van der Waals surface area contributed by atoms with E-state index in [-0.39, 0.29) is 17.5 Å². The van der Waals surface area contributed by atoms with Crippen molar-refractivity contribution < 1.29 is 9.13 Å². The van der Waals surface area contributed by atoms with Gasteiger partial charge in [0.05, 0.1) is 0 Å². The molecule has 98 valence electrons. The molecule has 2 unspecified atom stereocenters. The van der Waals surface area contributed by atoms with Gasteiger partial charge >= 0.3 is 0 Å². The Bertz CT molecular complexity index is 462. The van der Waals surface area contributed by atoms with Gasteiger partial charge in [0.1, 0.15) is 17.2 Å². The van der Waals surface area contributed by atoms with Gasteiger partial charge < -0.3 is 10.5 Å². The van der Waals surface area contributed by atoms with Crippen LogP contribution in [0.4, 0.5) is 4.39 Å². The van der Waals surface area contributed by atoms with Crippen LogP contribution in [0, 0.1) is 11.7 Å². The van der Waals surface area contributed by atoms with Crippen molar-refractivity contribution in [1.82, 2.24) is 0 Å². The lowest BCUT2D eigenvalue weighted by Crippen LogP contribution is -2.41. The molecule has 0 amide bonds. The summed E-state index contributed by atoms with van der Waals surface area (Å²) >= 11 is 0. The Morgan fingerprint density at radius 1 is 1.44 bits per heavy atom. The number of ether oxygens (including phenoxy) is 1. The molecule has 0 saturated heterocycles. The van der Waals surface area contributed by atoms with Crippen molar-refractivity contribution in [2.45, 2.75) is 50.7 Å². The predicted molar refractivity (Wildman–Crippen MR) is 68.9 cm³/mol. The molecule has 0 aromatic heterocycles. The van der Waals surface area contributed by atoms with Crippen LogP contribution in [0.3, 0.4) is 0 Å². The number of halogens is 1. The first kappa shape index (κ1) is 12.0. The first-order chi connectivity index (χ1) is 8.62. The molecular formula is C15H20FNO. The summed E-state index contributed by atoms with van der Waals surface area (Å²) in [6.07, 6.45) is 5.42. The van der Waals surface area contributed by atoms with Crippen molar-refractivity contribution >= 4 is 0 Å². The fourth-order valence-corrected chi connectivity index (χ4v) is 3.51. The third-order valence-electron chi connectivity index (χ3n) is 4.54. The highest BCUT2D eigenvalue weighted by Gasteiger charge is 2.45. The van der Waals surface area contributed by atoms with Crippen molar-refractivity contribution in [2.24, 2.45) is 11.7 Å². The highest BCUT2D eigenvalue weighted by atomic mass is 19.1. The van der Waals surface area contributed by atoms with E-state index in [9.17, 15) is 4.39 Å². The van der Waals surface area contributed by atoms with E-state index in [1.165, 1.54) is 25.0 Å². The molecule has 1 aromatic rings. The van der Waals surface area contributed by atoms with Gasteiger partial charge in [-0.3, -0.25) is 0 Å². The lowest BCUT2D eigenvalue weighted by molar-refractivity contribution is 0.0383. The van der Waals surface area contributed by atoms with Gasteiger partial charge in [0.25, 0.3) is 0 Å². The van der Waals surface area contributed by atoms with Gasteiger partial charge in [0, 0.05) is 18.0 Å². The fourth-order valence-electron chi connectivity index (χ4n) is 3.51. The second kappa shape index (κ2) is 4.23. The summed E-state index contributed by atoms with van der Waals surface area (Å²) in [5.41, 5.74) is 6.94. The smallest absolute Gasteiger partial charge is 0.125 e. The lowest BCUT2D eigenvalue weighted by Gasteiger charge is -2.39. The van der Waals surface area contributed by atoms with Gasteiger partial charge in [0.2, 0.25) is 0 Å². The largest absolute Gasteiger partial charge is 0.487 e. The molecule has 0 bridgehead atoms. The summed E-state index contributed by atoms with van der Waals surface area (Å²) in [5, 5.41) is 0. The molecule has 1 spiro atoms. The van der Waals surface area contributed by atoms with Crippen LogP contribution in [-0.4, -0.2) is 5.60 Å². The van der Waals surface area contributed by atoms with Crippen LogP contribution in [0.2, 0.25) is 0 Å². The maximum atomic E-state index is 13.2. The number of rotatable bonds is 1. The molecule has 18 heavy (non-hydrogen) atoms. The molecule has 3 heteroatoms. The van der Waals surface area contributed by atoms with Crippen molar-refractivity contribution in [1.29, 1.82) is 0 Å². The van der Waals surface area contributed by atoms with E-state index in [4.69, 9.17) is 10.5 Å². The maximum absolute atomic E-state index is 13.2. The van der Waals surface area contributed by atoms with Gasteiger partial charge in [-0.1, -0.05) is 13.3 Å². The van der Waals surface area contributed by atoms with Gasteiger partial charge in [-0.15, -0.1) is 0 Å². The quantitative estimate of drug-likeness (QED) is 0.826. The van der Waals surface area contributed by atoms with E-state index in [0.717, 1.165) is 36.5 Å². The van der Waals surface area contributed by atoms with E-state index < -0.39 is 0 Å². The highest BCUT2D eigenvalue weighted by Crippen LogP contribution is 2.48. The van der Waals surface area contributed by atoms with Gasteiger partial charge in [-0.05, 0) is 43.4 Å². The maximum Gasteiger partial charge on any atom is 0.125 e. The summed E-state index contributed by atoms with van der Waals surface area (Å²) < 4.78 is 19.4. The minimum atomic E-state index is -0.235. The minimum absolute atomic E-state index is 0.0923. The van der Waals surface area contributed by atoms with Crippen LogP contribution >= 0.6 is 0 Å². The van der Waals surface area contributed by atoms with E-state index in [1.807, 2.05) is 0 Å². The van der Waals surface area contributed by atoms with E-state index in [0.29, 0.717) is 0 Å². The molecule has 0 radical (unpaired) electrons. The predicted octanol–water partition coefficient (Wildman–Crippen LogP) is 3.56. The Morgan fingerprint density at radius 2 is 2.28 bits per heavy atom. The van der Waals surface area contributed by atoms with Crippen molar-refractivity contribution in [3.63, 3.8) is 0 Å². The fraction of sp³-hybridized carbons (Fsp3) is 0.600. The van der Waals surface area contributed by atoms with Gasteiger partial charge in [0.15, 0.2) is 0 Å². The zero-order valence-electron chi connectivity index (χ0n) is 10.8. The van der Waals surface area contributed by atoms with E-state index >= 15 is 0 Å². The first-order valence-electron chi connectivity index (χ1n) is 6.86. The van der Waals surface area contributed by atoms with E-state index in [1.54, 1.807) is 6.07 Å². The van der Waals surface area contributed by atoms with Crippen LogP contribution in [-0.2, 0) is 0 Å². The lowest BCUT2D eigenvalue weighted by atomic mass is 9.85. The number of fused-ring (bicyclic) bond motifs is 1. The zero-order valence-corrected chi connectivity index (χ0v) is 10.8. The summed E-state index contributed by atoms with van der Waals surface area (Å²) in [5.74, 6) is 1.30. The molecule has 1 heterocycles. The number of hydrogen-bond donors (Lipinski definition) is 1. The molecule has 1 aromatic carbocycles. The summed E-state index contributed by atoms with van der Waals surface area (Å²) in [6, 6.07) is 4.60. The molecule has 2 aliphatic rings. The Balaban J connectivity index is 1.90. The molecule has 2 N–H and O–H groups in total.